The van der Waals surface area contributed by atoms with Crippen molar-refractivity contribution in [2.45, 2.75) is 25.7 Å². The van der Waals surface area contributed by atoms with Crippen molar-refractivity contribution in [1.82, 2.24) is 9.97 Å². The van der Waals surface area contributed by atoms with Crippen molar-refractivity contribution in [2.75, 3.05) is 5.73 Å². The highest BCUT2D eigenvalue weighted by Crippen LogP contribution is 2.35. The van der Waals surface area contributed by atoms with Gasteiger partial charge in [0.1, 0.15) is 0 Å². The molecule has 0 saturated carbocycles. The van der Waals surface area contributed by atoms with Crippen LogP contribution in [0.1, 0.15) is 38.1 Å². The molecule has 18 heavy (non-hydrogen) atoms. The number of aryl methyl sites for hydroxylation is 1. The molecule has 0 fully saturated rings. The van der Waals surface area contributed by atoms with Crippen LogP contribution in [0.25, 0.3) is 0 Å². The second kappa shape index (κ2) is 4.17. The van der Waals surface area contributed by atoms with Crippen LogP contribution in [0, 0.1) is 6.92 Å². The van der Waals surface area contributed by atoms with Crippen molar-refractivity contribution in [2.24, 2.45) is 0 Å². The summed E-state index contributed by atoms with van der Waals surface area (Å²) in [5, 5.41) is 0. The van der Waals surface area contributed by atoms with Gasteiger partial charge in [0.2, 0.25) is 5.95 Å². The maximum absolute atomic E-state index is 12.1. The number of carbonyl (C=O) groups excluding carboxylic acids is 1. The number of hydrogen-bond donors (Lipinski definition) is 1. The Hall–Kier alpha value is -1.75. The van der Waals surface area contributed by atoms with E-state index in [4.69, 9.17) is 5.73 Å². The first kappa shape index (κ1) is 11.3. The lowest BCUT2D eigenvalue weighted by molar-refractivity contribution is 0.0963. The summed E-state index contributed by atoms with van der Waals surface area (Å²) in [5.74, 6) is 0.592. The summed E-state index contributed by atoms with van der Waals surface area (Å²) in [4.78, 5) is 22.7. The summed E-state index contributed by atoms with van der Waals surface area (Å²) in [7, 11) is 0. The molecule has 92 valence electrons. The Morgan fingerprint density at radius 1 is 1.39 bits per heavy atom. The maximum Gasteiger partial charge on any atom is 0.220 e. The number of ketones is 1. The average Bonchev–Trinajstić information content (AvgIpc) is 2.75. The molecule has 5 heteroatoms. The lowest BCUT2D eigenvalue weighted by Gasteiger charge is -2.21. The van der Waals surface area contributed by atoms with Gasteiger partial charge in [-0.15, -0.1) is 11.3 Å². The van der Waals surface area contributed by atoms with Crippen LogP contribution in [0.4, 0.5) is 5.95 Å². The Morgan fingerprint density at radius 3 is 2.94 bits per heavy atom. The molecule has 2 N–H and O–H groups in total. The highest BCUT2D eigenvalue weighted by atomic mass is 32.1. The van der Waals surface area contributed by atoms with Crippen molar-refractivity contribution in [3.63, 3.8) is 0 Å². The van der Waals surface area contributed by atoms with Gasteiger partial charge < -0.3 is 5.73 Å². The van der Waals surface area contributed by atoms with Crippen LogP contribution >= 0.6 is 11.3 Å². The molecular weight excluding hydrogens is 246 g/mol. The second-order valence-corrected chi connectivity index (χ2v) is 5.88. The van der Waals surface area contributed by atoms with E-state index in [0.29, 0.717) is 12.0 Å². The lowest BCUT2D eigenvalue weighted by Crippen LogP contribution is -2.20. The van der Waals surface area contributed by atoms with Crippen molar-refractivity contribution >= 4 is 23.1 Å². The molecule has 1 aliphatic rings. The summed E-state index contributed by atoms with van der Waals surface area (Å²) in [6.45, 7) is 2.08. The average molecular weight is 259 g/mol. The van der Waals surface area contributed by atoms with E-state index in [1.165, 1.54) is 9.75 Å². The number of Topliss-reactive ketones (excluding diaryl/α,β-unsaturated/α-hetero) is 1. The maximum atomic E-state index is 12.1. The third-order valence-electron chi connectivity index (χ3n) is 3.22. The van der Waals surface area contributed by atoms with Crippen molar-refractivity contribution < 1.29 is 4.79 Å². The molecule has 0 radical (unpaired) electrons. The fourth-order valence-corrected chi connectivity index (χ4v) is 3.31. The lowest BCUT2D eigenvalue weighted by atomic mass is 9.86. The van der Waals surface area contributed by atoms with Gasteiger partial charge in [0.05, 0.1) is 11.3 Å². The van der Waals surface area contributed by atoms with Crippen LogP contribution in [0.5, 0.6) is 0 Å². The van der Waals surface area contributed by atoms with Crippen LogP contribution in [0.3, 0.4) is 0 Å². The van der Waals surface area contributed by atoms with Gasteiger partial charge in [0, 0.05) is 28.3 Å². The minimum Gasteiger partial charge on any atom is -0.368 e. The third-order valence-corrected chi connectivity index (χ3v) is 4.38. The number of aromatic nitrogens is 2. The number of hydrogen-bond acceptors (Lipinski definition) is 5. The molecular formula is C13H13N3OS. The number of anilines is 1. The van der Waals surface area contributed by atoms with Gasteiger partial charge in [-0.05, 0) is 25.5 Å². The Labute approximate surface area is 109 Å². The van der Waals surface area contributed by atoms with E-state index in [1.807, 2.05) is 0 Å². The number of nitrogens with two attached hydrogens (primary N) is 1. The molecule has 0 amide bonds. The minimum absolute atomic E-state index is 0.118. The van der Waals surface area contributed by atoms with Gasteiger partial charge in [-0.2, -0.15) is 0 Å². The van der Waals surface area contributed by atoms with Crippen molar-refractivity contribution in [3.8, 4) is 0 Å². The number of rotatable bonds is 1. The smallest absolute Gasteiger partial charge is 0.220 e. The summed E-state index contributed by atoms with van der Waals surface area (Å²) in [6, 6.07) is 4.20. The molecule has 1 aliphatic carbocycles. The van der Waals surface area contributed by atoms with Gasteiger partial charge in [0.25, 0.3) is 0 Å². The monoisotopic (exact) mass is 259 g/mol. The number of thiophene rings is 1. The van der Waals surface area contributed by atoms with Gasteiger partial charge in [-0.1, -0.05) is 0 Å². The molecule has 0 spiro atoms. The van der Waals surface area contributed by atoms with E-state index in [9.17, 15) is 4.79 Å². The molecule has 2 aromatic heterocycles. The van der Waals surface area contributed by atoms with Crippen molar-refractivity contribution in [1.29, 1.82) is 0 Å². The summed E-state index contributed by atoms with van der Waals surface area (Å²) in [5.41, 5.74) is 7.00. The predicted molar refractivity (Wildman–Crippen MR) is 70.9 cm³/mol. The Kier molecular flexibility index (Phi) is 2.63. The molecule has 0 aromatic carbocycles. The van der Waals surface area contributed by atoms with Gasteiger partial charge in [-0.3, -0.25) is 4.79 Å². The van der Waals surface area contributed by atoms with E-state index >= 15 is 0 Å². The van der Waals surface area contributed by atoms with Crippen molar-refractivity contribution in [3.05, 3.63) is 39.3 Å². The largest absolute Gasteiger partial charge is 0.368 e. The molecule has 4 nitrogen and oxygen atoms in total. The number of nitrogen functional groups attached to an aromatic ring is 1. The molecule has 2 heterocycles. The molecule has 2 aromatic rings. The zero-order valence-corrected chi connectivity index (χ0v) is 10.8. The van der Waals surface area contributed by atoms with E-state index in [1.54, 1.807) is 17.5 Å². The zero-order valence-electron chi connectivity index (χ0n) is 10.0. The first-order chi connectivity index (χ1) is 8.63. The molecule has 1 atom stereocenters. The van der Waals surface area contributed by atoms with Crippen LogP contribution in [0.15, 0.2) is 18.3 Å². The van der Waals surface area contributed by atoms with Crippen LogP contribution < -0.4 is 5.73 Å². The highest BCUT2D eigenvalue weighted by molar-refractivity contribution is 7.12. The van der Waals surface area contributed by atoms with E-state index in [0.717, 1.165) is 12.1 Å². The SMILES string of the molecule is Cc1ccc(C2CC(=O)c3cnc(N)nc3C2)s1. The van der Waals surface area contributed by atoms with E-state index < -0.39 is 0 Å². The predicted octanol–water partition coefficient (Wildman–Crippen LogP) is 2.34. The molecule has 0 aliphatic heterocycles. The Bertz CT molecular complexity index is 620. The van der Waals surface area contributed by atoms with E-state index in [2.05, 4.69) is 29.0 Å². The zero-order chi connectivity index (χ0) is 12.7. The molecule has 3 rings (SSSR count). The Balaban J connectivity index is 1.98. The fraction of sp³-hybridized carbons (Fsp3) is 0.308. The van der Waals surface area contributed by atoms with E-state index in [-0.39, 0.29) is 17.6 Å². The van der Waals surface area contributed by atoms with Gasteiger partial charge in [-0.25, -0.2) is 9.97 Å². The third kappa shape index (κ3) is 1.90. The minimum atomic E-state index is 0.118. The number of fused-ring (bicyclic) bond motifs is 1. The first-order valence-electron chi connectivity index (χ1n) is 5.84. The summed E-state index contributed by atoms with van der Waals surface area (Å²) in [6.07, 6.45) is 2.86. The van der Waals surface area contributed by atoms with Gasteiger partial charge in [0.15, 0.2) is 5.78 Å². The quantitative estimate of drug-likeness (QED) is 0.853. The summed E-state index contributed by atoms with van der Waals surface area (Å²) >= 11 is 1.75. The van der Waals surface area contributed by atoms with Crippen LogP contribution in [0.2, 0.25) is 0 Å². The van der Waals surface area contributed by atoms with Crippen LogP contribution in [-0.2, 0) is 6.42 Å². The molecule has 0 saturated heterocycles. The topological polar surface area (TPSA) is 68.9 Å². The number of nitrogens with zero attached hydrogens (tertiary/aromatic N) is 2. The summed E-state index contributed by atoms with van der Waals surface area (Å²) < 4.78 is 0. The van der Waals surface area contributed by atoms with Gasteiger partial charge >= 0.3 is 0 Å². The highest BCUT2D eigenvalue weighted by Gasteiger charge is 2.28. The molecule has 0 bridgehead atoms. The van der Waals surface area contributed by atoms with Crippen LogP contribution in [-0.4, -0.2) is 15.8 Å². The second-order valence-electron chi connectivity index (χ2n) is 4.57. The first-order valence-corrected chi connectivity index (χ1v) is 6.66. The fourth-order valence-electron chi connectivity index (χ4n) is 2.33. The Morgan fingerprint density at radius 2 is 2.22 bits per heavy atom. The number of carbonyl (C=O) groups is 1. The normalized spacial score (nSPS) is 18.7. The standard InChI is InChI=1S/C13H13N3OS/c1-7-2-3-12(18-7)8-4-10-9(11(17)5-8)6-15-13(14)16-10/h2-3,6,8H,4-5H2,1H3,(H2,14,15,16). The molecule has 1 unspecified atom stereocenters.